The van der Waals surface area contributed by atoms with Gasteiger partial charge in [-0.25, -0.2) is 0 Å². The van der Waals surface area contributed by atoms with E-state index in [0.717, 1.165) is 36.2 Å². The number of halogens is 1. The van der Waals surface area contributed by atoms with Gasteiger partial charge in [0.1, 0.15) is 12.4 Å². The van der Waals surface area contributed by atoms with Gasteiger partial charge in [0.25, 0.3) is 0 Å². The Hall–Kier alpha value is -1.03. The third-order valence-electron chi connectivity index (χ3n) is 3.30. The van der Waals surface area contributed by atoms with Crippen molar-refractivity contribution in [3.05, 3.63) is 18.2 Å². The van der Waals surface area contributed by atoms with Gasteiger partial charge in [0.05, 0.1) is 6.54 Å². The molecule has 0 saturated carbocycles. The highest BCUT2D eigenvalue weighted by Gasteiger charge is 2.13. The molecule has 2 N–H and O–H groups in total. The molecule has 2 rings (SSSR count). The van der Waals surface area contributed by atoms with E-state index < -0.39 is 0 Å². The fraction of sp³-hybridized carbons (Fsp3) is 0.562. The number of rotatable bonds is 9. The molecular formula is C16H26IN3O3S. The first-order valence-corrected chi connectivity index (χ1v) is 9.19. The lowest BCUT2D eigenvalue weighted by Crippen LogP contribution is -2.39. The number of unbranched alkanes of at least 4 members (excludes halogenated alkanes) is 1. The monoisotopic (exact) mass is 467 g/mol. The Morgan fingerprint density at radius 1 is 1.21 bits per heavy atom. The van der Waals surface area contributed by atoms with Crippen LogP contribution in [0, 0.1) is 0 Å². The van der Waals surface area contributed by atoms with Gasteiger partial charge >= 0.3 is 0 Å². The van der Waals surface area contributed by atoms with E-state index >= 15 is 0 Å². The lowest BCUT2D eigenvalue weighted by atomic mass is 10.3. The van der Waals surface area contributed by atoms with E-state index in [1.54, 1.807) is 7.05 Å². The molecule has 0 amide bonds. The smallest absolute Gasteiger partial charge is 0.231 e. The van der Waals surface area contributed by atoms with Gasteiger partial charge in [-0.05, 0) is 37.0 Å². The number of nitrogens with one attached hydrogen (secondary N) is 2. The van der Waals surface area contributed by atoms with Crippen molar-refractivity contribution in [1.29, 1.82) is 0 Å². The first kappa shape index (κ1) is 21.0. The van der Waals surface area contributed by atoms with Crippen LogP contribution in [0.25, 0.3) is 0 Å². The number of benzene rings is 1. The van der Waals surface area contributed by atoms with Crippen LogP contribution < -0.4 is 24.8 Å². The summed E-state index contributed by atoms with van der Waals surface area (Å²) in [5, 5.41) is 6.53. The summed E-state index contributed by atoms with van der Waals surface area (Å²) in [6.07, 6.45) is 4.50. The number of nitrogens with zero attached hydrogens (tertiary/aromatic N) is 1. The van der Waals surface area contributed by atoms with E-state index in [2.05, 4.69) is 21.9 Å². The van der Waals surface area contributed by atoms with Gasteiger partial charge in [0, 0.05) is 19.7 Å². The fourth-order valence-electron chi connectivity index (χ4n) is 2.10. The van der Waals surface area contributed by atoms with Crippen molar-refractivity contribution in [2.45, 2.75) is 12.8 Å². The van der Waals surface area contributed by atoms with Crippen molar-refractivity contribution in [2.24, 2.45) is 4.99 Å². The minimum atomic E-state index is 0. The van der Waals surface area contributed by atoms with Gasteiger partial charge in [0.15, 0.2) is 17.5 Å². The second kappa shape index (κ2) is 12.3. The number of hydrogen-bond donors (Lipinski definition) is 2. The summed E-state index contributed by atoms with van der Waals surface area (Å²) in [5.74, 6) is 4.29. The van der Waals surface area contributed by atoms with Crippen LogP contribution in [-0.4, -0.2) is 51.5 Å². The van der Waals surface area contributed by atoms with Crippen LogP contribution in [0.5, 0.6) is 17.2 Å². The summed E-state index contributed by atoms with van der Waals surface area (Å²) in [4.78, 5) is 4.19. The van der Waals surface area contributed by atoms with Gasteiger partial charge in [-0.3, -0.25) is 4.99 Å². The molecule has 1 aliphatic rings. The van der Waals surface area contributed by atoms with Crippen LogP contribution in [0.1, 0.15) is 12.8 Å². The molecule has 1 heterocycles. The molecule has 8 heteroatoms. The number of guanidine groups is 1. The maximum Gasteiger partial charge on any atom is 0.231 e. The number of aliphatic imine (C=N–C) groups is 1. The van der Waals surface area contributed by atoms with Gasteiger partial charge in [0.2, 0.25) is 6.79 Å². The summed E-state index contributed by atoms with van der Waals surface area (Å²) >= 11 is 1.88. The average Bonchev–Trinajstić information content (AvgIpc) is 3.04. The van der Waals surface area contributed by atoms with Crippen LogP contribution in [0.15, 0.2) is 23.2 Å². The quantitative estimate of drug-likeness (QED) is 0.252. The van der Waals surface area contributed by atoms with E-state index in [4.69, 9.17) is 14.2 Å². The molecule has 136 valence electrons. The highest BCUT2D eigenvalue weighted by molar-refractivity contribution is 14.0. The Kier molecular flexibility index (Phi) is 10.8. The molecular weight excluding hydrogens is 441 g/mol. The predicted molar refractivity (Wildman–Crippen MR) is 110 cm³/mol. The minimum Gasteiger partial charge on any atom is -0.492 e. The van der Waals surface area contributed by atoms with Crippen LogP contribution in [-0.2, 0) is 0 Å². The molecule has 0 unspecified atom stereocenters. The van der Waals surface area contributed by atoms with Crippen molar-refractivity contribution < 1.29 is 14.2 Å². The molecule has 1 aromatic carbocycles. The third-order valence-corrected chi connectivity index (χ3v) is 4.00. The Bertz CT molecular complexity index is 517. The van der Waals surface area contributed by atoms with Gasteiger partial charge < -0.3 is 24.8 Å². The maximum atomic E-state index is 5.70. The van der Waals surface area contributed by atoms with Crippen molar-refractivity contribution in [1.82, 2.24) is 10.6 Å². The second-order valence-corrected chi connectivity index (χ2v) is 5.97. The van der Waals surface area contributed by atoms with Crippen LogP contribution in [0.4, 0.5) is 0 Å². The molecule has 6 nitrogen and oxygen atoms in total. The highest BCUT2D eigenvalue weighted by atomic mass is 127. The topological polar surface area (TPSA) is 64.1 Å². The van der Waals surface area contributed by atoms with Crippen molar-refractivity contribution >= 4 is 41.7 Å². The average molecular weight is 467 g/mol. The zero-order valence-corrected chi connectivity index (χ0v) is 17.3. The standard InChI is InChI=1S/C16H25N3O3S.HI/c1-17-16(18-7-3-4-10-23-2)19-8-9-20-13-5-6-14-15(11-13)22-12-21-14;/h5-6,11H,3-4,7-10,12H2,1-2H3,(H2,17,18,19);1H. The molecule has 0 spiro atoms. The molecule has 1 aliphatic heterocycles. The molecule has 0 aromatic heterocycles. The molecule has 0 aliphatic carbocycles. The van der Waals surface area contributed by atoms with E-state index in [-0.39, 0.29) is 30.8 Å². The number of thioether (sulfide) groups is 1. The lowest BCUT2D eigenvalue weighted by Gasteiger charge is -2.12. The number of hydrogen-bond acceptors (Lipinski definition) is 5. The zero-order valence-electron chi connectivity index (χ0n) is 14.2. The van der Waals surface area contributed by atoms with E-state index in [1.807, 2.05) is 30.0 Å². The Balaban J connectivity index is 0.00000288. The van der Waals surface area contributed by atoms with Crippen molar-refractivity contribution in [3.63, 3.8) is 0 Å². The third kappa shape index (κ3) is 7.25. The van der Waals surface area contributed by atoms with Gasteiger partial charge in [-0.2, -0.15) is 11.8 Å². The van der Waals surface area contributed by atoms with E-state index in [1.165, 1.54) is 12.2 Å². The zero-order chi connectivity index (χ0) is 16.3. The van der Waals surface area contributed by atoms with E-state index in [0.29, 0.717) is 13.2 Å². The van der Waals surface area contributed by atoms with Crippen molar-refractivity contribution in [3.8, 4) is 17.2 Å². The van der Waals surface area contributed by atoms with Gasteiger partial charge in [-0.15, -0.1) is 24.0 Å². The molecule has 0 saturated heterocycles. The lowest BCUT2D eigenvalue weighted by molar-refractivity contribution is 0.173. The fourth-order valence-corrected chi connectivity index (χ4v) is 2.60. The first-order chi connectivity index (χ1) is 11.3. The number of fused-ring (bicyclic) bond motifs is 1. The summed E-state index contributed by atoms with van der Waals surface area (Å²) in [6, 6.07) is 5.59. The Labute approximate surface area is 165 Å². The van der Waals surface area contributed by atoms with Crippen LogP contribution >= 0.6 is 35.7 Å². The van der Waals surface area contributed by atoms with Gasteiger partial charge in [-0.1, -0.05) is 0 Å². The summed E-state index contributed by atoms with van der Waals surface area (Å²) < 4.78 is 16.3. The molecule has 0 radical (unpaired) electrons. The summed E-state index contributed by atoms with van der Waals surface area (Å²) in [7, 11) is 1.77. The molecule has 24 heavy (non-hydrogen) atoms. The maximum absolute atomic E-state index is 5.70. The number of ether oxygens (including phenoxy) is 3. The van der Waals surface area contributed by atoms with Crippen LogP contribution in [0.3, 0.4) is 0 Å². The van der Waals surface area contributed by atoms with Crippen molar-refractivity contribution in [2.75, 3.05) is 45.5 Å². The normalized spacial score (nSPS) is 12.5. The molecule has 1 aromatic rings. The SMILES string of the molecule is CN=C(NCCCCSC)NCCOc1ccc2c(c1)OCO2.I. The minimum absolute atomic E-state index is 0. The predicted octanol–water partition coefficient (Wildman–Crippen LogP) is 2.72. The largest absolute Gasteiger partial charge is 0.492 e. The highest BCUT2D eigenvalue weighted by Crippen LogP contribution is 2.34. The summed E-state index contributed by atoms with van der Waals surface area (Å²) in [5.41, 5.74) is 0. The molecule has 0 atom stereocenters. The van der Waals surface area contributed by atoms with E-state index in [9.17, 15) is 0 Å². The molecule has 0 fully saturated rings. The Morgan fingerprint density at radius 2 is 2.00 bits per heavy atom. The summed E-state index contributed by atoms with van der Waals surface area (Å²) in [6.45, 7) is 2.44. The van der Waals surface area contributed by atoms with Crippen LogP contribution in [0.2, 0.25) is 0 Å². The second-order valence-electron chi connectivity index (χ2n) is 4.99. The molecule has 0 bridgehead atoms. The first-order valence-electron chi connectivity index (χ1n) is 7.79. The Morgan fingerprint density at radius 3 is 2.79 bits per heavy atom.